The van der Waals surface area contributed by atoms with Crippen LogP contribution in [0.4, 0.5) is 5.69 Å². The Morgan fingerprint density at radius 2 is 1.79 bits per heavy atom. The van der Waals surface area contributed by atoms with Crippen LogP contribution < -0.4 is 5.73 Å². The van der Waals surface area contributed by atoms with Gasteiger partial charge in [0.25, 0.3) is 0 Å². The van der Waals surface area contributed by atoms with Crippen LogP contribution in [0.2, 0.25) is 5.02 Å². The number of benzene rings is 2. The molecule has 4 N–H and O–H groups in total. The van der Waals surface area contributed by atoms with Gasteiger partial charge in [0, 0.05) is 12.7 Å². The van der Waals surface area contributed by atoms with Gasteiger partial charge in [-0.15, -0.1) is 0 Å². The van der Waals surface area contributed by atoms with E-state index in [1.165, 1.54) is 13.2 Å². The Balaban J connectivity index is 2.57. The van der Waals surface area contributed by atoms with Crippen LogP contribution in [-0.4, -0.2) is 17.3 Å². The van der Waals surface area contributed by atoms with E-state index in [1.54, 1.807) is 0 Å². The second-order valence-corrected chi connectivity index (χ2v) is 4.49. The number of hydrogen-bond donors (Lipinski definition) is 3. The van der Waals surface area contributed by atoms with Crippen molar-refractivity contribution in [3.8, 4) is 11.5 Å². The molecule has 0 aliphatic rings. The number of halogens is 1. The van der Waals surface area contributed by atoms with Crippen molar-refractivity contribution < 1.29 is 14.9 Å². The van der Waals surface area contributed by atoms with Gasteiger partial charge in [-0.25, -0.2) is 0 Å². The molecule has 0 aliphatic heterocycles. The summed E-state index contributed by atoms with van der Waals surface area (Å²) in [5, 5.41) is 19.7. The molecule has 1 atom stereocenters. The molecule has 19 heavy (non-hydrogen) atoms. The number of phenols is 2. The number of nitrogens with two attached hydrogens (primary N) is 1. The molecule has 2 rings (SSSR count). The summed E-state index contributed by atoms with van der Waals surface area (Å²) < 4.78 is 5.40. The highest BCUT2D eigenvalue weighted by molar-refractivity contribution is 6.32. The Kier molecular flexibility index (Phi) is 3.83. The van der Waals surface area contributed by atoms with Gasteiger partial charge in [0.05, 0.1) is 5.02 Å². The second-order valence-electron chi connectivity index (χ2n) is 4.08. The lowest BCUT2D eigenvalue weighted by atomic mass is 9.99. The molecule has 100 valence electrons. The SMILES string of the molecule is COC(c1ccccc1)c1cc(Cl)c(O)c(N)c1O. The number of ether oxygens (including phenoxy) is 1. The molecule has 0 aromatic heterocycles. The number of phenolic OH excluding ortho intramolecular Hbond substituents is 2. The van der Waals surface area contributed by atoms with E-state index in [1.807, 2.05) is 30.3 Å². The van der Waals surface area contributed by atoms with Crippen molar-refractivity contribution in [2.45, 2.75) is 6.10 Å². The van der Waals surface area contributed by atoms with Crippen molar-refractivity contribution in [1.82, 2.24) is 0 Å². The molecule has 2 aromatic rings. The minimum atomic E-state index is -0.512. The van der Waals surface area contributed by atoms with Crippen LogP contribution in [0.15, 0.2) is 36.4 Å². The van der Waals surface area contributed by atoms with E-state index in [9.17, 15) is 10.2 Å². The molecule has 0 fully saturated rings. The van der Waals surface area contributed by atoms with Gasteiger partial charge in [0.15, 0.2) is 5.75 Å². The van der Waals surface area contributed by atoms with E-state index in [0.717, 1.165) is 5.56 Å². The number of methoxy groups -OCH3 is 1. The maximum Gasteiger partial charge on any atom is 0.161 e. The molecular formula is C14H14ClNO3. The van der Waals surface area contributed by atoms with E-state index in [2.05, 4.69) is 0 Å². The minimum Gasteiger partial charge on any atom is -0.505 e. The van der Waals surface area contributed by atoms with Gasteiger partial charge in [-0.3, -0.25) is 0 Å². The van der Waals surface area contributed by atoms with E-state index in [-0.39, 0.29) is 22.2 Å². The number of hydrogen-bond acceptors (Lipinski definition) is 4. The molecule has 4 nitrogen and oxygen atoms in total. The lowest BCUT2D eigenvalue weighted by Crippen LogP contribution is -2.05. The molecule has 2 aromatic carbocycles. The molecule has 0 heterocycles. The van der Waals surface area contributed by atoms with Crippen LogP contribution in [0.25, 0.3) is 0 Å². The molecule has 0 saturated carbocycles. The zero-order chi connectivity index (χ0) is 14.0. The maximum atomic E-state index is 10.0. The van der Waals surface area contributed by atoms with Gasteiger partial charge >= 0.3 is 0 Å². The third-order valence-electron chi connectivity index (χ3n) is 2.91. The Bertz CT molecular complexity index is 587. The van der Waals surface area contributed by atoms with Crippen molar-refractivity contribution in [3.05, 3.63) is 52.5 Å². The van der Waals surface area contributed by atoms with Crippen molar-refractivity contribution in [1.29, 1.82) is 0 Å². The quantitative estimate of drug-likeness (QED) is 0.596. The molecule has 0 saturated heterocycles. The molecule has 0 amide bonds. The Morgan fingerprint density at radius 3 is 2.37 bits per heavy atom. The van der Waals surface area contributed by atoms with Gasteiger partial charge in [0.2, 0.25) is 0 Å². The van der Waals surface area contributed by atoms with E-state index in [4.69, 9.17) is 22.1 Å². The summed E-state index contributed by atoms with van der Waals surface area (Å²) in [6, 6.07) is 10.8. The molecule has 0 aliphatic carbocycles. The summed E-state index contributed by atoms with van der Waals surface area (Å²) in [4.78, 5) is 0. The lowest BCUT2D eigenvalue weighted by molar-refractivity contribution is 0.134. The van der Waals surface area contributed by atoms with Crippen LogP contribution in [0.3, 0.4) is 0 Å². The van der Waals surface area contributed by atoms with Crippen molar-refractivity contribution in [3.63, 3.8) is 0 Å². The topological polar surface area (TPSA) is 75.7 Å². The largest absolute Gasteiger partial charge is 0.505 e. The fourth-order valence-corrected chi connectivity index (χ4v) is 2.16. The van der Waals surface area contributed by atoms with Crippen molar-refractivity contribution in [2.75, 3.05) is 12.8 Å². The number of rotatable bonds is 3. The first-order valence-electron chi connectivity index (χ1n) is 5.63. The predicted octanol–water partition coefficient (Wildman–Crippen LogP) is 3.07. The lowest BCUT2D eigenvalue weighted by Gasteiger charge is -2.19. The van der Waals surface area contributed by atoms with E-state index >= 15 is 0 Å². The predicted molar refractivity (Wildman–Crippen MR) is 74.5 cm³/mol. The first-order valence-corrected chi connectivity index (χ1v) is 6.01. The van der Waals surface area contributed by atoms with Crippen molar-refractivity contribution >= 4 is 17.3 Å². The fourth-order valence-electron chi connectivity index (χ4n) is 1.94. The smallest absolute Gasteiger partial charge is 0.161 e. The Hall–Kier alpha value is -1.91. The highest BCUT2D eigenvalue weighted by Crippen LogP contribution is 2.43. The zero-order valence-electron chi connectivity index (χ0n) is 10.3. The third-order valence-corrected chi connectivity index (χ3v) is 3.20. The molecule has 0 spiro atoms. The Labute approximate surface area is 116 Å². The summed E-state index contributed by atoms with van der Waals surface area (Å²) in [6.07, 6.45) is -0.512. The molecule has 5 heteroatoms. The normalized spacial score (nSPS) is 12.3. The van der Waals surface area contributed by atoms with E-state index in [0.29, 0.717) is 5.56 Å². The molecular weight excluding hydrogens is 266 g/mol. The number of nitrogen functional groups attached to an aromatic ring is 1. The number of aromatic hydroxyl groups is 2. The second kappa shape index (κ2) is 5.38. The van der Waals surface area contributed by atoms with Crippen LogP contribution in [0.1, 0.15) is 17.2 Å². The maximum absolute atomic E-state index is 10.0. The average molecular weight is 280 g/mol. The van der Waals surface area contributed by atoms with E-state index < -0.39 is 6.10 Å². The molecule has 0 bridgehead atoms. The van der Waals surface area contributed by atoms with Crippen LogP contribution in [0.5, 0.6) is 11.5 Å². The monoisotopic (exact) mass is 279 g/mol. The summed E-state index contributed by atoms with van der Waals surface area (Å²) in [5.41, 5.74) is 6.72. The third kappa shape index (κ3) is 2.45. The summed E-state index contributed by atoms with van der Waals surface area (Å²) in [6.45, 7) is 0. The molecule has 1 unspecified atom stereocenters. The summed E-state index contributed by atoms with van der Waals surface area (Å²) >= 11 is 5.88. The molecule has 0 radical (unpaired) electrons. The van der Waals surface area contributed by atoms with Gasteiger partial charge in [-0.1, -0.05) is 41.9 Å². The van der Waals surface area contributed by atoms with Gasteiger partial charge < -0.3 is 20.7 Å². The average Bonchev–Trinajstić information content (AvgIpc) is 2.44. The highest BCUT2D eigenvalue weighted by Gasteiger charge is 2.22. The zero-order valence-corrected chi connectivity index (χ0v) is 11.1. The summed E-state index contributed by atoms with van der Waals surface area (Å²) in [5.74, 6) is -0.552. The van der Waals surface area contributed by atoms with Crippen LogP contribution in [-0.2, 0) is 4.74 Å². The van der Waals surface area contributed by atoms with Gasteiger partial charge in [-0.2, -0.15) is 0 Å². The fraction of sp³-hybridized carbons (Fsp3) is 0.143. The van der Waals surface area contributed by atoms with Crippen LogP contribution >= 0.6 is 11.6 Å². The van der Waals surface area contributed by atoms with Gasteiger partial charge in [0.1, 0.15) is 17.5 Å². The summed E-state index contributed by atoms with van der Waals surface area (Å²) in [7, 11) is 1.52. The first-order chi connectivity index (χ1) is 9.06. The first kappa shape index (κ1) is 13.5. The standard InChI is InChI=1S/C14H14ClNO3/c1-19-14(8-5-3-2-4-6-8)9-7-10(15)13(18)11(16)12(9)17/h2-7,14,17-18H,16H2,1H3. The van der Waals surface area contributed by atoms with Gasteiger partial charge in [-0.05, 0) is 11.6 Å². The number of anilines is 1. The van der Waals surface area contributed by atoms with Crippen LogP contribution in [0, 0.1) is 0 Å². The van der Waals surface area contributed by atoms with Crippen molar-refractivity contribution in [2.24, 2.45) is 0 Å². The Morgan fingerprint density at radius 1 is 1.16 bits per heavy atom. The highest BCUT2D eigenvalue weighted by atomic mass is 35.5. The minimum absolute atomic E-state index is 0.0725.